The third kappa shape index (κ3) is 4.72. The zero-order chi connectivity index (χ0) is 22.8. The molecule has 2 heterocycles. The minimum Gasteiger partial charge on any atom is -0.423 e. The number of oxazole rings is 1. The molecular weight excluding hydrogens is 402 g/mol. The minimum atomic E-state index is -0.117. The van der Waals surface area contributed by atoms with Crippen LogP contribution in [-0.2, 0) is 0 Å². The second-order valence-electron chi connectivity index (χ2n) is 9.58. The lowest BCUT2D eigenvalue weighted by atomic mass is 9.82. The molecule has 172 valence electrons. The summed E-state index contributed by atoms with van der Waals surface area (Å²) in [7, 11) is 1.79. The molecule has 2 aromatic rings. The van der Waals surface area contributed by atoms with Crippen LogP contribution in [0.1, 0.15) is 50.4 Å². The van der Waals surface area contributed by atoms with Crippen LogP contribution in [0.15, 0.2) is 39.8 Å². The third-order valence-electron chi connectivity index (χ3n) is 6.58. The second kappa shape index (κ2) is 9.45. The van der Waals surface area contributed by atoms with E-state index in [4.69, 9.17) is 9.40 Å². The van der Waals surface area contributed by atoms with E-state index in [0.717, 1.165) is 43.8 Å². The lowest BCUT2D eigenvalue weighted by molar-refractivity contribution is 0.0934. The normalized spacial score (nSPS) is 25.7. The first kappa shape index (κ1) is 22.5. The van der Waals surface area contributed by atoms with Gasteiger partial charge in [-0.05, 0) is 42.4 Å². The van der Waals surface area contributed by atoms with Crippen LogP contribution in [0.25, 0.3) is 11.1 Å². The summed E-state index contributed by atoms with van der Waals surface area (Å²) in [5.41, 5.74) is 3.89. The van der Waals surface area contributed by atoms with Gasteiger partial charge in [0.2, 0.25) is 0 Å². The van der Waals surface area contributed by atoms with E-state index in [1.54, 1.807) is 7.05 Å². The van der Waals surface area contributed by atoms with E-state index in [1.165, 1.54) is 0 Å². The van der Waals surface area contributed by atoms with Gasteiger partial charge in [0.15, 0.2) is 5.58 Å². The molecule has 1 saturated carbocycles. The highest BCUT2D eigenvalue weighted by atomic mass is 16.4. The lowest BCUT2D eigenvalue weighted by Gasteiger charge is -2.33. The number of para-hydroxylation sites is 1. The van der Waals surface area contributed by atoms with Gasteiger partial charge in [-0.2, -0.15) is 4.98 Å². The average molecular weight is 438 g/mol. The van der Waals surface area contributed by atoms with E-state index in [0.29, 0.717) is 47.0 Å². The number of aromatic nitrogens is 1. The lowest BCUT2D eigenvalue weighted by Crippen LogP contribution is -2.51. The summed E-state index contributed by atoms with van der Waals surface area (Å²) >= 11 is 0. The molecule has 0 radical (unpaired) electrons. The fourth-order valence-electron chi connectivity index (χ4n) is 4.89. The molecule has 7 nitrogen and oxygen atoms in total. The van der Waals surface area contributed by atoms with Crippen molar-refractivity contribution in [3.05, 3.63) is 35.9 Å². The summed E-state index contributed by atoms with van der Waals surface area (Å²) in [5, 5.41) is 6.78. The van der Waals surface area contributed by atoms with Crippen LogP contribution in [-0.4, -0.2) is 55.4 Å². The Morgan fingerprint density at radius 3 is 3.00 bits per heavy atom. The largest absolute Gasteiger partial charge is 0.423 e. The number of hydrogen-bond acceptors (Lipinski definition) is 6. The van der Waals surface area contributed by atoms with Gasteiger partial charge in [-0.25, -0.2) is 0 Å². The Kier molecular flexibility index (Phi) is 6.65. The van der Waals surface area contributed by atoms with Crippen LogP contribution >= 0.6 is 0 Å². The van der Waals surface area contributed by atoms with Crippen molar-refractivity contribution in [3.8, 4) is 0 Å². The van der Waals surface area contributed by atoms with Crippen molar-refractivity contribution in [1.82, 2.24) is 15.6 Å². The molecule has 1 aliphatic carbocycles. The highest BCUT2D eigenvalue weighted by molar-refractivity contribution is 6.06. The summed E-state index contributed by atoms with van der Waals surface area (Å²) < 4.78 is 6.08. The fraction of sp³-hybridized carbons (Fsp3) is 0.560. The SMILES string of the molecule is C=C1C(=NC)CC(NC(=O)c2cccc3oc(N4CCN[C@@H](CC(C)C)C4)nc23)CC1C. The summed E-state index contributed by atoms with van der Waals surface area (Å²) in [6.45, 7) is 13.4. The average Bonchev–Trinajstić information content (AvgIpc) is 3.20. The summed E-state index contributed by atoms with van der Waals surface area (Å²) in [6, 6.07) is 6.61. The first-order valence-electron chi connectivity index (χ1n) is 11.7. The number of aliphatic imine (C=N–C) groups is 1. The van der Waals surface area contributed by atoms with Crippen LogP contribution in [0.2, 0.25) is 0 Å². The van der Waals surface area contributed by atoms with Gasteiger partial charge in [-0.3, -0.25) is 9.79 Å². The fourth-order valence-corrected chi connectivity index (χ4v) is 4.89. The molecule has 4 rings (SSSR count). The molecule has 0 bridgehead atoms. The number of nitrogens with zero attached hydrogens (tertiary/aromatic N) is 3. The number of carbonyl (C=O) groups excluding carboxylic acids is 1. The van der Waals surface area contributed by atoms with Gasteiger partial charge in [0.05, 0.1) is 5.56 Å². The molecule has 7 heteroatoms. The molecule has 2 aliphatic rings. The molecule has 1 aliphatic heterocycles. The Bertz CT molecular complexity index is 1020. The van der Waals surface area contributed by atoms with Crippen LogP contribution in [0.4, 0.5) is 6.01 Å². The maximum absolute atomic E-state index is 13.2. The highest BCUT2D eigenvalue weighted by Crippen LogP contribution is 2.28. The summed E-state index contributed by atoms with van der Waals surface area (Å²) in [4.78, 5) is 24.5. The number of rotatable bonds is 5. The van der Waals surface area contributed by atoms with Gasteiger partial charge >= 0.3 is 0 Å². The van der Waals surface area contributed by atoms with Crippen molar-refractivity contribution in [2.75, 3.05) is 31.6 Å². The van der Waals surface area contributed by atoms with Gasteiger partial charge in [-0.1, -0.05) is 33.4 Å². The molecular formula is C25H35N5O2. The predicted octanol–water partition coefficient (Wildman–Crippen LogP) is 3.81. The van der Waals surface area contributed by atoms with Gasteiger partial charge in [0, 0.05) is 50.9 Å². The maximum atomic E-state index is 13.2. The van der Waals surface area contributed by atoms with Crippen LogP contribution < -0.4 is 15.5 Å². The molecule has 2 unspecified atom stereocenters. The first-order chi connectivity index (χ1) is 15.4. The molecule has 2 N–H and O–H groups in total. The van der Waals surface area contributed by atoms with E-state index < -0.39 is 0 Å². The van der Waals surface area contributed by atoms with Crippen molar-refractivity contribution in [1.29, 1.82) is 0 Å². The molecule has 32 heavy (non-hydrogen) atoms. The van der Waals surface area contributed by atoms with Crippen LogP contribution in [0, 0.1) is 11.8 Å². The van der Waals surface area contributed by atoms with Crippen molar-refractivity contribution in [2.24, 2.45) is 16.8 Å². The maximum Gasteiger partial charge on any atom is 0.298 e. The number of amides is 1. The topological polar surface area (TPSA) is 82.8 Å². The predicted molar refractivity (Wildman–Crippen MR) is 130 cm³/mol. The minimum absolute atomic E-state index is 0.0355. The number of anilines is 1. The molecule has 2 fully saturated rings. The van der Waals surface area contributed by atoms with E-state index >= 15 is 0 Å². The Labute approximate surface area is 190 Å². The number of allylic oxidation sites excluding steroid dienone is 1. The van der Waals surface area contributed by atoms with Crippen molar-refractivity contribution in [3.63, 3.8) is 0 Å². The molecule has 1 saturated heterocycles. The third-order valence-corrected chi connectivity index (χ3v) is 6.58. The molecule has 0 spiro atoms. The standard InChI is InChI=1S/C25H35N5O2/c1-15(2)11-19-14-30(10-9-27-19)25-29-23-20(7-6-8-22(23)32-25)24(31)28-18-12-16(3)17(4)21(13-18)26-5/h6-8,15-16,18-19,27H,4,9-14H2,1-3,5H3,(H,28,31)/t16?,18?,19-/m0/s1. The smallest absolute Gasteiger partial charge is 0.298 e. The van der Waals surface area contributed by atoms with E-state index in [2.05, 4.69) is 47.9 Å². The molecule has 1 amide bonds. The Morgan fingerprint density at radius 2 is 2.25 bits per heavy atom. The molecule has 3 atom stereocenters. The molecule has 1 aromatic heterocycles. The quantitative estimate of drug-likeness (QED) is 0.743. The second-order valence-corrected chi connectivity index (χ2v) is 9.58. The first-order valence-corrected chi connectivity index (χ1v) is 11.7. The number of nitrogens with one attached hydrogen (secondary N) is 2. The zero-order valence-electron chi connectivity index (χ0n) is 19.6. The van der Waals surface area contributed by atoms with Gasteiger partial charge < -0.3 is 20.0 Å². The zero-order valence-corrected chi connectivity index (χ0v) is 19.6. The van der Waals surface area contributed by atoms with Crippen molar-refractivity contribution < 1.29 is 9.21 Å². The van der Waals surface area contributed by atoms with E-state index in [1.807, 2.05) is 18.2 Å². The monoisotopic (exact) mass is 437 g/mol. The highest BCUT2D eigenvalue weighted by Gasteiger charge is 2.29. The number of fused-ring (bicyclic) bond motifs is 1. The van der Waals surface area contributed by atoms with Gasteiger partial charge in [-0.15, -0.1) is 0 Å². The number of benzene rings is 1. The van der Waals surface area contributed by atoms with Crippen LogP contribution in [0.3, 0.4) is 0 Å². The number of piperazine rings is 1. The van der Waals surface area contributed by atoms with Gasteiger partial charge in [0.25, 0.3) is 11.9 Å². The summed E-state index contributed by atoms with van der Waals surface area (Å²) in [6.07, 6.45) is 2.69. The Hall–Kier alpha value is -2.67. The van der Waals surface area contributed by atoms with E-state index in [9.17, 15) is 4.79 Å². The van der Waals surface area contributed by atoms with E-state index in [-0.39, 0.29) is 11.9 Å². The molecule has 1 aromatic carbocycles. The van der Waals surface area contributed by atoms with Gasteiger partial charge in [0.1, 0.15) is 5.52 Å². The Balaban J connectivity index is 1.52. The number of hydrogen-bond donors (Lipinski definition) is 2. The number of carbonyl (C=O) groups is 1. The van der Waals surface area contributed by atoms with Crippen LogP contribution in [0.5, 0.6) is 0 Å². The Morgan fingerprint density at radius 1 is 1.44 bits per heavy atom. The van der Waals surface area contributed by atoms with Crippen molar-refractivity contribution >= 4 is 28.7 Å². The van der Waals surface area contributed by atoms with Crippen molar-refractivity contribution in [2.45, 2.75) is 52.1 Å². The summed E-state index contributed by atoms with van der Waals surface area (Å²) in [5.74, 6) is 0.812.